The molecule has 2 rings (SSSR count). The Labute approximate surface area is 119 Å². The van der Waals surface area contributed by atoms with Gasteiger partial charge in [0.15, 0.2) is 0 Å². The zero-order valence-electron chi connectivity index (χ0n) is 11.5. The molecular formula is C16H19N3O. The van der Waals surface area contributed by atoms with Gasteiger partial charge in [-0.1, -0.05) is 24.3 Å². The number of aromatic nitrogens is 1. The summed E-state index contributed by atoms with van der Waals surface area (Å²) in [5, 5.41) is 2.99. The first-order chi connectivity index (χ1) is 9.70. The largest absolute Gasteiger partial charge is 0.349 e. The Kier molecular flexibility index (Phi) is 4.85. The van der Waals surface area contributed by atoms with Crippen molar-refractivity contribution in [1.82, 2.24) is 10.3 Å². The highest BCUT2D eigenvalue weighted by molar-refractivity contribution is 5.79. The Bertz CT molecular complexity index is 569. The first-order valence-electron chi connectivity index (χ1n) is 6.67. The number of hydrogen-bond donors (Lipinski definition) is 2. The Morgan fingerprint density at radius 1 is 1.20 bits per heavy atom. The van der Waals surface area contributed by atoms with Gasteiger partial charge in [-0.2, -0.15) is 0 Å². The summed E-state index contributed by atoms with van der Waals surface area (Å²) in [6, 6.07) is 11.5. The Hall–Kier alpha value is -2.20. The minimum Gasteiger partial charge on any atom is -0.349 e. The summed E-state index contributed by atoms with van der Waals surface area (Å²) in [7, 11) is 0. The summed E-state index contributed by atoms with van der Waals surface area (Å²) in [4.78, 5) is 16.1. The van der Waals surface area contributed by atoms with Crippen molar-refractivity contribution in [3.63, 3.8) is 0 Å². The van der Waals surface area contributed by atoms with Crippen LogP contribution in [0, 0.1) is 0 Å². The van der Waals surface area contributed by atoms with Gasteiger partial charge in [-0.3, -0.25) is 9.78 Å². The first-order valence-corrected chi connectivity index (χ1v) is 6.67. The molecule has 4 nitrogen and oxygen atoms in total. The molecule has 4 heteroatoms. The number of carbonyl (C=O) groups is 1. The number of amides is 1. The van der Waals surface area contributed by atoms with E-state index in [2.05, 4.69) is 10.3 Å². The summed E-state index contributed by atoms with van der Waals surface area (Å²) in [5.41, 5.74) is 8.72. The number of hydrogen-bond acceptors (Lipinski definition) is 3. The molecule has 0 aliphatic heterocycles. The standard InChI is InChI=1S/C16H19N3O/c1-12(13-6-8-18-9-7-13)19-16(20)10-14-4-2-3-5-15(14)11-17/h2-9,12H,10-11,17H2,1H3,(H,19,20)/t12-/m0/s1. The van der Waals surface area contributed by atoms with Gasteiger partial charge in [0.05, 0.1) is 12.5 Å². The van der Waals surface area contributed by atoms with Crippen molar-refractivity contribution >= 4 is 5.91 Å². The lowest BCUT2D eigenvalue weighted by Crippen LogP contribution is -2.28. The van der Waals surface area contributed by atoms with E-state index in [9.17, 15) is 4.79 Å². The van der Waals surface area contributed by atoms with Crippen LogP contribution in [0.4, 0.5) is 0 Å². The Morgan fingerprint density at radius 3 is 2.50 bits per heavy atom. The van der Waals surface area contributed by atoms with Gasteiger partial charge in [0, 0.05) is 18.9 Å². The fourth-order valence-corrected chi connectivity index (χ4v) is 2.13. The average molecular weight is 269 g/mol. The highest BCUT2D eigenvalue weighted by Crippen LogP contribution is 2.12. The van der Waals surface area contributed by atoms with Crippen molar-refractivity contribution in [2.45, 2.75) is 25.9 Å². The van der Waals surface area contributed by atoms with E-state index in [1.54, 1.807) is 12.4 Å². The predicted molar refractivity (Wildman–Crippen MR) is 78.8 cm³/mol. The van der Waals surface area contributed by atoms with Crippen LogP contribution in [-0.2, 0) is 17.8 Å². The lowest BCUT2D eigenvalue weighted by Gasteiger charge is -2.15. The summed E-state index contributed by atoms with van der Waals surface area (Å²) in [6.45, 7) is 2.41. The van der Waals surface area contributed by atoms with Gasteiger partial charge >= 0.3 is 0 Å². The molecule has 2 aromatic rings. The number of carbonyl (C=O) groups excluding carboxylic acids is 1. The lowest BCUT2D eigenvalue weighted by molar-refractivity contribution is -0.121. The molecule has 0 spiro atoms. The van der Waals surface area contributed by atoms with Crippen LogP contribution in [0.1, 0.15) is 29.7 Å². The summed E-state index contributed by atoms with van der Waals surface area (Å²) in [5.74, 6) is -0.00443. The molecule has 0 unspecified atom stereocenters. The van der Waals surface area contributed by atoms with Crippen molar-refractivity contribution in [1.29, 1.82) is 0 Å². The maximum atomic E-state index is 12.1. The molecule has 1 heterocycles. The molecule has 104 valence electrons. The summed E-state index contributed by atoms with van der Waals surface area (Å²) >= 11 is 0. The second-order valence-corrected chi connectivity index (χ2v) is 4.72. The lowest BCUT2D eigenvalue weighted by atomic mass is 10.0. The van der Waals surface area contributed by atoms with Crippen LogP contribution in [0.5, 0.6) is 0 Å². The molecule has 3 N–H and O–H groups in total. The third kappa shape index (κ3) is 3.65. The van der Waals surface area contributed by atoms with Gasteiger partial charge in [0.25, 0.3) is 0 Å². The normalized spacial score (nSPS) is 11.9. The van der Waals surface area contributed by atoms with Crippen molar-refractivity contribution in [2.24, 2.45) is 5.73 Å². The molecule has 0 saturated heterocycles. The maximum absolute atomic E-state index is 12.1. The Balaban J connectivity index is 1.99. The smallest absolute Gasteiger partial charge is 0.224 e. The second-order valence-electron chi connectivity index (χ2n) is 4.72. The van der Waals surface area contributed by atoms with Gasteiger partial charge in [-0.25, -0.2) is 0 Å². The monoisotopic (exact) mass is 269 g/mol. The van der Waals surface area contributed by atoms with Gasteiger partial charge < -0.3 is 11.1 Å². The molecular weight excluding hydrogens is 250 g/mol. The van der Waals surface area contributed by atoms with Gasteiger partial charge in [-0.05, 0) is 35.7 Å². The highest BCUT2D eigenvalue weighted by Gasteiger charge is 2.11. The zero-order chi connectivity index (χ0) is 14.4. The average Bonchev–Trinajstić information content (AvgIpc) is 2.48. The van der Waals surface area contributed by atoms with Crippen molar-refractivity contribution in [2.75, 3.05) is 0 Å². The molecule has 20 heavy (non-hydrogen) atoms. The quantitative estimate of drug-likeness (QED) is 0.872. The van der Waals surface area contributed by atoms with E-state index in [0.29, 0.717) is 13.0 Å². The van der Waals surface area contributed by atoms with Crippen LogP contribution in [0.25, 0.3) is 0 Å². The van der Waals surface area contributed by atoms with Crippen molar-refractivity contribution in [3.05, 3.63) is 65.5 Å². The first kappa shape index (κ1) is 14.2. The Morgan fingerprint density at radius 2 is 1.85 bits per heavy atom. The molecule has 1 atom stereocenters. The fraction of sp³-hybridized carbons (Fsp3) is 0.250. The molecule has 1 amide bonds. The topological polar surface area (TPSA) is 68.0 Å². The van der Waals surface area contributed by atoms with E-state index in [0.717, 1.165) is 16.7 Å². The molecule has 0 aliphatic rings. The number of nitrogens with two attached hydrogens (primary N) is 1. The number of benzene rings is 1. The van der Waals surface area contributed by atoms with Gasteiger partial charge in [0.2, 0.25) is 5.91 Å². The molecule has 1 aromatic heterocycles. The molecule has 0 saturated carbocycles. The number of nitrogens with one attached hydrogen (secondary N) is 1. The predicted octanol–water partition coefficient (Wildman–Crippen LogP) is 1.96. The van der Waals surface area contributed by atoms with Crippen LogP contribution >= 0.6 is 0 Å². The molecule has 0 bridgehead atoms. The second kappa shape index (κ2) is 6.82. The molecule has 0 fully saturated rings. The fourth-order valence-electron chi connectivity index (χ4n) is 2.13. The third-order valence-corrected chi connectivity index (χ3v) is 3.27. The summed E-state index contributed by atoms with van der Waals surface area (Å²) in [6.07, 6.45) is 3.80. The van der Waals surface area contributed by atoms with Gasteiger partial charge in [-0.15, -0.1) is 0 Å². The number of nitrogens with zero attached hydrogens (tertiary/aromatic N) is 1. The van der Waals surface area contributed by atoms with Crippen molar-refractivity contribution in [3.8, 4) is 0 Å². The van der Waals surface area contributed by atoms with Crippen molar-refractivity contribution < 1.29 is 4.79 Å². The van der Waals surface area contributed by atoms with E-state index < -0.39 is 0 Å². The summed E-state index contributed by atoms with van der Waals surface area (Å²) < 4.78 is 0. The maximum Gasteiger partial charge on any atom is 0.224 e. The van der Waals surface area contributed by atoms with Crippen LogP contribution < -0.4 is 11.1 Å². The molecule has 0 aliphatic carbocycles. The van der Waals surface area contributed by atoms with Crippen LogP contribution in [-0.4, -0.2) is 10.9 Å². The number of pyridine rings is 1. The molecule has 1 aromatic carbocycles. The molecule has 0 radical (unpaired) electrons. The third-order valence-electron chi connectivity index (χ3n) is 3.27. The minimum atomic E-state index is -0.0319. The minimum absolute atomic E-state index is 0.00443. The van der Waals surface area contributed by atoms with Gasteiger partial charge in [0.1, 0.15) is 0 Å². The van der Waals surface area contributed by atoms with Crippen LogP contribution in [0.2, 0.25) is 0 Å². The van der Waals surface area contributed by atoms with E-state index in [1.807, 2.05) is 43.3 Å². The van der Waals surface area contributed by atoms with Crippen LogP contribution in [0.3, 0.4) is 0 Å². The highest BCUT2D eigenvalue weighted by atomic mass is 16.1. The zero-order valence-corrected chi connectivity index (χ0v) is 11.5. The number of rotatable bonds is 5. The van der Waals surface area contributed by atoms with E-state index in [1.165, 1.54) is 0 Å². The van der Waals surface area contributed by atoms with E-state index in [4.69, 9.17) is 5.73 Å². The van der Waals surface area contributed by atoms with E-state index >= 15 is 0 Å². The SMILES string of the molecule is C[C@H](NC(=O)Cc1ccccc1CN)c1ccncc1. The van der Waals surface area contributed by atoms with Crippen LogP contribution in [0.15, 0.2) is 48.8 Å². The van der Waals surface area contributed by atoms with E-state index in [-0.39, 0.29) is 11.9 Å².